The Morgan fingerprint density at radius 1 is 1.47 bits per heavy atom. The molecule has 84 valence electrons. The number of hydrogen-bond acceptors (Lipinski definition) is 2. The topological polar surface area (TPSA) is 69.6 Å². The van der Waals surface area contributed by atoms with E-state index in [9.17, 15) is 9.59 Å². The second-order valence-corrected chi connectivity index (χ2v) is 4.37. The van der Waals surface area contributed by atoms with E-state index in [0.29, 0.717) is 12.5 Å². The van der Waals surface area contributed by atoms with Crippen LogP contribution in [-0.4, -0.2) is 41.1 Å². The van der Waals surface area contributed by atoms with Gasteiger partial charge in [-0.05, 0) is 18.8 Å². The fraction of sp³-hybridized carbons (Fsp3) is 0.800. The van der Waals surface area contributed by atoms with Crippen LogP contribution in [0.4, 0.5) is 4.79 Å². The van der Waals surface area contributed by atoms with E-state index in [2.05, 4.69) is 5.32 Å². The van der Waals surface area contributed by atoms with Gasteiger partial charge in [-0.2, -0.15) is 0 Å². The van der Waals surface area contributed by atoms with Crippen molar-refractivity contribution in [3.63, 3.8) is 0 Å². The highest BCUT2D eigenvalue weighted by molar-refractivity contribution is 5.82. The molecule has 0 bridgehead atoms. The van der Waals surface area contributed by atoms with Crippen LogP contribution in [0.5, 0.6) is 0 Å². The maximum Gasteiger partial charge on any atom is 0.323 e. The minimum absolute atomic E-state index is 0.166. The van der Waals surface area contributed by atoms with Gasteiger partial charge in [-0.3, -0.25) is 4.79 Å². The second kappa shape index (κ2) is 4.08. The van der Waals surface area contributed by atoms with Crippen molar-refractivity contribution < 1.29 is 14.7 Å². The summed E-state index contributed by atoms with van der Waals surface area (Å²) in [4.78, 5) is 23.3. The highest BCUT2D eigenvalue weighted by Gasteiger charge is 2.35. The first-order valence-electron chi connectivity index (χ1n) is 5.44. The number of rotatable bonds is 3. The molecule has 1 unspecified atom stereocenters. The first-order chi connectivity index (χ1) is 7.16. The van der Waals surface area contributed by atoms with Gasteiger partial charge in [0.2, 0.25) is 0 Å². The fourth-order valence-electron chi connectivity index (χ4n) is 2.54. The number of carbonyl (C=O) groups excluding carboxylic acids is 1. The Hall–Kier alpha value is -1.26. The molecular formula is C10H16N2O3. The molecule has 1 aliphatic carbocycles. The molecule has 15 heavy (non-hydrogen) atoms. The summed E-state index contributed by atoms with van der Waals surface area (Å²) in [5, 5.41) is 11.5. The lowest BCUT2D eigenvalue weighted by Gasteiger charge is -2.17. The number of carboxylic acids is 1. The molecule has 2 rings (SSSR count). The van der Waals surface area contributed by atoms with Gasteiger partial charge < -0.3 is 15.3 Å². The number of nitrogens with one attached hydrogen (secondary N) is 1. The summed E-state index contributed by atoms with van der Waals surface area (Å²) < 4.78 is 0. The molecule has 5 heteroatoms. The minimum Gasteiger partial charge on any atom is -0.480 e. The first kappa shape index (κ1) is 10.3. The summed E-state index contributed by atoms with van der Waals surface area (Å²) in [5.74, 6) is -0.398. The van der Waals surface area contributed by atoms with Crippen LogP contribution in [0.3, 0.4) is 0 Å². The lowest BCUT2D eigenvalue weighted by molar-refractivity contribution is -0.137. The molecule has 0 aromatic carbocycles. The van der Waals surface area contributed by atoms with Crippen molar-refractivity contribution in [2.45, 2.75) is 31.7 Å². The predicted octanol–water partition coefficient (Wildman–Crippen LogP) is 0.655. The predicted molar refractivity (Wildman–Crippen MR) is 53.5 cm³/mol. The third-order valence-electron chi connectivity index (χ3n) is 3.31. The van der Waals surface area contributed by atoms with E-state index in [1.807, 2.05) is 0 Å². The molecule has 1 atom stereocenters. The zero-order chi connectivity index (χ0) is 10.8. The lowest BCUT2D eigenvalue weighted by atomic mass is 9.99. The van der Waals surface area contributed by atoms with Gasteiger partial charge in [0, 0.05) is 6.54 Å². The number of aliphatic carboxylic acids is 1. The van der Waals surface area contributed by atoms with Gasteiger partial charge in [0.15, 0.2) is 0 Å². The Balaban J connectivity index is 1.90. The number of amides is 2. The summed E-state index contributed by atoms with van der Waals surface area (Å²) in [6.45, 7) is 0.366. The number of nitrogens with zero attached hydrogens (tertiary/aromatic N) is 1. The van der Waals surface area contributed by atoms with E-state index in [0.717, 1.165) is 12.8 Å². The molecule has 0 aromatic heterocycles. The molecule has 1 saturated carbocycles. The summed E-state index contributed by atoms with van der Waals surface area (Å²) >= 11 is 0. The molecule has 1 aliphatic heterocycles. The van der Waals surface area contributed by atoms with Crippen molar-refractivity contribution in [1.82, 2.24) is 10.2 Å². The van der Waals surface area contributed by atoms with E-state index < -0.39 is 5.97 Å². The molecule has 2 aliphatic rings. The van der Waals surface area contributed by atoms with Gasteiger partial charge in [-0.15, -0.1) is 0 Å². The standard InChI is InChI=1S/C10H16N2O3/c13-9(14)6-12-5-8(11-10(12)15)7-3-1-2-4-7/h7-8H,1-6H2,(H,11,15)(H,13,14). The third kappa shape index (κ3) is 2.22. The molecule has 2 N–H and O–H groups in total. The van der Waals surface area contributed by atoms with Gasteiger partial charge in [0.25, 0.3) is 0 Å². The van der Waals surface area contributed by atoms with Gasteiger partial charge in [-0.25, -0.2) is 4.79 Å². The minimum atomic E-state index is -0.947. The summed E-state index contributed by atoms with van der Waals surface area (Å²) in [6.07, 6.45) is 4.78. The van der Waals surface area contributed by atoms with Crippen molar-refractivity contribution in [2.24, 2.45) is 5.92 Å². The molecule has 5 nitrogen and oxygen atoms in total. The average molecular weight is 212 g/mol. The van der Waals surface area contributed by atoms with Gasteiger partial charge in [0.05, 0.1) is 6.04 Å². The normalized spacial score (nSPS) is 27.1. The maximum absolute atomic E-state index is 11.4. The largest absolute Gasteiger partial charge is 0.480 e. The first-order valence-corrected chi connectivity index (χ1v) is 5.44. The van der Waals surface area contributed by atoms with Crippen LogP contribution in [0.1, 0.15) is 25.7 Å². The molecule has 0 radical (unpaired) electrons. The smallest absolute Gasteiger partial charge is 0.323 e. The molecule has 0 aromatic rings. The number of urea groups is 1. The highest BCUT2D eigenvalue weighted by Crippen LogP contribution is 2.29. The van der Waals surface area contributed by atoms with Gasteiger partial charge in [0.1, 0.15) is 6.54 Å². The van der Waals surface area contributed by atoms with Crippen molar-refractivity contribution in [2.75, 3.05) is 13.1 Å². The summed E-state index contributed by atoms with van der Waals surface area (Å²) in [5.41, 5.74) is 0. The Bertz CT molecular complexity index is 274. The van der Waals surface area contributed by atoms with E-state index in [4.69, 9.17) is 5.11 Å². The molecular weight excluding hydrogens is 196 g/mol. The second-order valence-electron chi connectivity index (χ2n) is 4.37. The summed E-state index contributed by atoms with van der Waals surface area (Å²) in [7, 11) is 0. The zero-order valence-electron chi connectivity index (χ0n) is 8.61. The third-order valence-corrected chi connectivity index (χ3v) is 3.31. The molecule has 1 heterocycles. The Morgan fingerprint density at radius 3 is 2.73 bits per heavy atom. The number of carbonyl (C=O) groups is 2. The number of hydrogen-bond donors (Lipinski definition) is 2. The van der Waals surface area contributed by atoms with Crippen LogP contribution < -0.4 is 5.32 Å². The van der Waals surface area contributed by atoms with E-state index in [1.54, 1.807) is 0 Å². The van der Waals surface area contributed by atoms with Crippen LogP contribution in [0.15, 0.2) is 0 Å². The molecule has 0 spiro atoms. The fourth-order valence-corrected chi connectivity index (χ4v) is 2.54. The number of carboxylic acid groups (broad SMARTS) is 1. The molecule has 2 fully saturated rings. The van der Waals surface area contributed by atoms with Crippen LogP contribution in [0.25, 0.3) is 0 Å². The monoisotopic (exact) mass is 212 g/mol. The average Bonchev–Trinajstić information content (AvgIpc) is 2.75. The van der Waals surface area contributed by atoms with Crippen LogP contribution >= 0.6 is 0 Å². The van der Waals surface area contributed by atoms with Crippen LogP contribution in [-0.2, 0) is 4.79 Å². The van der Waals surface area contributed by atoms with E-state index >= 15 is 0 Å². The van der Waals surface area contributed by atoms with E-state index in [1.165, 1.54) is 17.7 Å². The maximum atomic E-state index is 11.4. The van der Waals surface area contributed by atoms with Crippen molar-refractivity contribution in [1.29, 1.82) is 0 Å². The van der Waals surface area contributed by atoms with Crippen molar-refractivity contribution in [3.8, 4) is 0 Å². The highest BCUT2D eigenvalue weighted by atomic mass is 16.4. The van der Waals surface area contributed by atoms with Gasteiger partial charge in [-0.1, -0.05) is 12.8 Å². The van der Waals surface area contributed by atoms with Crippen molar-refractivity contribution >= 4 is 12.0 Å². The zero-order valence-corrected chi connectivity index (χ0v) is 8.61. The Labute approximate surface area is 88.4 Å². The van der Waals surface area contributed by atoms with Crippen LogP contribution in [0.2, 0.25) is 0 Å². The Kier molecular flexibility index (Phi) is 2.79. The quantitative estimate of drug-likeness (QED) is 0.721. The van der Waals surface area contributed by atoms with E-state index in [-0.39, 0.29) is 18.6 Å². The molecule has 2 amide bonds. The molecule has 1 saturated heterocycles. The van der Waals surface area contributed by atoms with Gasteiger partial charge >= 0.3 is 12.0 Å². The summed E-state index contributed by atoms with van der Waals surface area (Å²) in [6, 6.07) is -0.0614. The van der Waals surface area contributed by atoms with Crippen molar-refractivity contribution in [3.05, 3.63) is 0 Å². The van der Waals surface area contributed by atoms with Crippen LogP contribution in [0, 0.1) is 5.92 Å². The lowest BCUT2D eigenvalue weighted by Crippen LogP contribution is -2.33. The Morgan fingerprint density at radius 2 is 2.13 bits per heavy atom. The SMILES string of the molecule is O=C(O)CN1CC(C2CCCC2)NC1=O.